The highest BCUT2D eigenvalue weighted by Gasteiger charge is 2.18. The van der Waals surface area contributed by atoms with E-state index >= 15 is 0 Å². The Morgan fingerprint density at radius 2 is 1.72 bits per heavy atom. The van der Waals surface area contributed by atoms with Gasteiger partial charge in [-0.15, -0.1) is 0 Å². The maximum absolute atomic E-state index is 13.4. The molecule has 6 rings (SSSR count). The normalized spacial score (nSPS) is 14.7. The molecule has 0 spiro atoms. The van der Waals surface area contributed by atoms with Crippen LogP contribution in [0.5, 0.6) is 0 Å². The summed E-state index contributed by atoms with van der Waals surface area (Å²) in [6.45, 7) is 6.01. The fourth-order valence-electron chi connectivity index (χ4n) is 5.33. The Bertz CT molecular complexity index is 1710. The molecule has 1 fully saturated rings. The highest BCUT2D eigenvalue weighted by Crippen LogP contribution is 2.30. The van der Waals surface area contributed by atoms with E-state index in [1.807, 2.05) is 31.2 Å². The molecule has 1 saturated heterocycles. The minimum Gasteiger partial charge on any atom is -0.339 e. The second kappa shape index (κ2) is 10.1. The van der Waals surface area contributed by atoms with Crippen molar-refractivity contribution in [3.63, 3.8) is 0 Å². The molecule has 0 radical (unpaired) electrons. The molecule has 1 aliphatic rings. The Kier molecular flexibility index (Phi) is 6.44. The summed E-state index contributed by atoms with van der Waals surface area (Å²) in [5, 5.41) is 8.07. The first-order valence-electron chi connectivity index (χ1n) is 13.2. The van der Waals surface area contributed by atoms with E-state index in [0.29, 0.717) is 34.8 Å². The van der Waals surface area contributed by atoms with Crippen LogP contribution in [0.3, 0.4) is 0 Å². The molecule has 0 unspecified atom stereocenters. The summed E-state index contributed by atoms with van der Waals surface area (Å²) in [6.07, 6.45) is 4.14. The predicted molar refractivity (Wildman–Crippen MR) is 152 cm³/mol. The topological polar surface area (TPSA) is 102 Å². The second-order valence-corrected chi connectivity index (χ2v) is 10.4. The van der Waals surface area contributed by atoms with E-state index in [2.05, 4.69) is 61.6 Å². The molecule has 0 bridgehead atoms. The Morgan fingerprint density at radius 1 is 0.949 bits per heavy atom. The summed E-state index contributed by atoms with van der Waals surface area (Å²) < 4.78 is 6.68. The Morgan fingerprint density at radius 3 is 2.41 bits per heavy atom. The Balaban J connectivity index is 1.26. The van der Waals surface area contributed by atoms with Gasteiger partial charge in [0.05, 0.1) is 0 Å². The molecule has 1 aliphatic heterocycles. The third-order valence-electron chi connectivity index (χ3n) is 7.61. The van der Waals surface area contributed by atoms with E-state index in [4.69, 9.17) is 4.52 Å². The van der Waals surface area contributed by atoms with E-state index in [9.17, 15) is 4.79 Å². The zero-order valence-corrected chi connectivity index (χ0v) is 22.6. The molecule has 0 atom stereocenters. The van der Waals surface area contributed by atoms with Gasteiger partial charge in [0.25, 0.3) is 5.56 Å². The lowest BCUT2D eigenvalue weighted by atomic mass is 9.89. The van der Waals surface area contributed by atoms with E-state index < -0.39 is 0 Å². The van der Waals surface area contributed by atoms with Crippen LogP contribution in [0.15, 0.2) is 64.0 Å². The van der Waals surface area contributed by atoms with Crippen molar-refractivity contribution in [3.8, 4) is 22.5 Å². The molecule has 9 heteroatoms. The summed E-state index contributed by atoms with van der Waals surface area (Å²) in [5.41, 5.74) is 5.94. The number of hydrogen-bond acceptors (Lipinski definition) is 8. The average molecular weight is 522 g/mol. The Hall–Kier alpha value is -4.37. The molecule has 9 nitrogen and oxygen atoms in total. The van der Waals surface area contributed by atoms with E-state index in [1.54, 1.807) is 24.7 Å². The highest BCUT2D eigenvalue weighted by atomic mass is 16.5. The van der Waals surface area contributed by atoms with E-state index in [0.717, 1.165) is 40.9 Å². The van der Waals surface area contributed by atoms with E-state index in [-0.39, 0.29) is 5.56 Å². The predicted octanol–water partition coefficient (Wildman–Crippen LogP) is 5.22. The monoisotopic (exact) mass is 521 g/mol. The number of aryl methyl sites for hydroxylation is 3. The zero-order chi connectivity index (χ0) is 27.1. The van der Waals surface area contributed by atoms with Crippen LogP contribution >= 0.6 is 0 Å². The molecule has 3 aromatic heterocycles. The number of nitrogens with one attached hydrogen (secondary N) is 1. The first-order chi connectivity index (χ1) is 18.9. The van der Waals surface area contributed by atoms with Gasteiger partial charge in [-0.3, -0.25) is 9.36 Å². The fraction of sp³-hybridized carbons (Fsp3) is 0.300. The number of fused-ring (bicyclic) bond motifs is 1. The first-order valence-corrected chi connectivity index (χ1v) is 13.2. The number of hydrogen-bond donors (Lipinski definition) is 1. The lowest BCUT2D eigenvalue weighted by molar-refractivity contribution is 0.255. The Labute approximate surface area is 226 Å². The largest absolute Gasteiger partial charge is 0.339 e. The molecule has 2 aromatic carbocycles. The van der Waals surface area contributed by atoms with Gasteiger partial charge in [-0.25, -0.2) is 4.98 Å². The van der Waals surface area contributed by atoms with Crippen molar-refractivity contribution in [1.29, 1.82) is 0 Å². The van der Waals surface area contributed by atoms with Gasteiger partial charge < -0.3 is 14.7 Å². The molecule has 0 aliphatic carbocycles. The van der Waals surface area contributed by atoms with E-state index in [1.165, 1.54) is 18.4 Å². The third kappa shape index (κ3) is 4.93. The van der Waals surface area contributed by atoms with Crippen LogP contribution in [0.25, 0.3) is 33.5 Å². The summed E-state index contributed by atoms with van der Waals surface area (Å²) in [5.74, 6) is 2.10. The van der Waals surface area contributed by atoms with Gasteiger partial charge in [0.2, 0.25) is 17.7 Å². The highest BCUT2D eigenvalue weighted by molar-refractivity contribution is 5.83. The maximum Gasteiger partial charge on any atom is 0.259 e. The van der Waals surface area contributed by atoms with Gasteiger partial charge in [-0.2, -0.15) is 9.97 Å². The number of nitrogens with zero attached hydrogens (tertiary/aromatic N) is 6. The minimum atomic E-state index is -0.124. The van der Waals surface area contributed by atoms with Gasteiger partial charge in [0, 0.05) is 42.4 Å². The van der Waals surface area contributed by atoms with Crippen molar-refractivity contribution in [2.45, 2.75) is 32.6 Å². The summed E-state index contributed by atoms with van der Waals surface area (Å²) in [7, 11) is 3.93. The molecule has 0 amide bonds. The van der Waals surface area contributed by atoms with Gasteiger partial charge in [0.1, 0.15) is 5.65 Å². The van der Waals surface area contributed by atoms with Crippen LogP contribution < -0.4 is 10.9 Å². The minimum absolute atomic E-state index is 0.124. The van der Waals surface area contributed by atoms with Crippen LogP contribution in [0, 0.1) is 13.8 Å². The molecular weight excluding hydrogens is 490 g/mol. The van der Waals surface area contributed by atoms with Crippen LogP contribution in [0.2, 0.25) is 0 Å². The maximum atomic E-state index is 13.4. The fourth-order valence-corrected chi connectivity index (χ4v) is 5.33. The number of benzene rings is 2. The van der Waals surface area contributed by atoms with Crippen LogP contribution in [-0.2, 0) is 7.05 Å². The van der Waals surface area contributed by atoms with Crippen LogP contribution in [0.1, 0.15) is 35.8 Å². The van der Waals surface area contributed by atoms with Crippen molar-refractivity contribution < 1.29 is 4.52 Å². The summed E-state index contributed by atoms with van der Waals surface area (Å²) >= 11 is 0. The van der Waals surface area contributed by atoms with Crippen molar-refractivity contribution in [2.75, 3.05) is 25.5 Å². The third-order valence-corrected chi connectivity index (χ3v) is 7.61. The lowest BCUT2D eigenvalue weighted by Crippen LogP contribution is -2.29. The molecule has 5 aromatic rings. The second-order valence-electron chi connectivity index (χ2n) is 10.4. The number of piperidine rings is 1. The molecular formula is C30H31N7O2. The quantitative estimate of drug-likeness (QED) is 0.336. The van der Waals surface area contributed by atoms with Crippen molar-refractivity contribution in [2.24, 2.45) is 7.05 Å². The van der Waals surface area contributed by atoms with Gasteiger partial charge in [0.15, 0.2) is 0 Å². The SMILES string of the molecule is Cc1nc(-c2ccc(-c3cc4cnc(Nc5ccc(C6CCN(C)CC6)cc5)nc4n(C)c3=O)c(C)c2)no1. The van der Waals surface area contributed by atoms with Gasteiger partial charge in [-0.1, -0.05) is 29.4 Å². The molecule has 4 heterocycles. The number of anilines is 2. The lowest BCUT2D eigenvalue weighted by Gasteiger charge is -2.29. The molecule has 39 heavy (non-hydrogen) atoms. The number of aromatic nitrogens is 5. The van der Waals surface area contributed by atoms with Gasteiger partial charge >= 0.3 is 0 Å². The van der Waals surface area contributed by atoms with Crippen molar-refractivity contribution >= 4 is 22.7 Å². The zero-order valence-electron chi connectivity index (χ0n) is 22.6. The standard InChI is InChI=1S/C30H31N7O2/c1-18-15-22(27-32-19(2)39-35-27)7-10-25(18)26-16-23-17-31-30(34-28(23)37(4)29(26)38)33-24-8-5-20(6-9-24)21-11-13-36(3)14-12-21/h5-10,15-17,21H,11-14H2,1-4H3,(H,31,33,34). The van der Waals surface area contributed by atoms with Crippen molar-refractivity contribution in [3.05, 3.63) is 82.1 Å². The summed E-state index contributed by atoms with van der Waals surface area (Å²) in [4.78, 5) is 29.3. The molecule has 1 N–H and O–H groups in total. The van der Waals surface area contributed by atoms with Crippen LogP contribution in [0.4, 0.5) is 11.6 Å². The van der Waals surface area contributed by atoms with Crippen LogP contribution in [-0.4, -0.2) is 49.7 Å². The number of pyridine rings is 1. The summed E-state index contributed by atoms with van der Waals surface area (Å²) in [6, 6.07) is 16.2. The first kappa shape index (κ1) is 24.9. The number of rotatable bonds is 5. The van der Waals surface area contributed by atoms with Gasteiger partial charge in [-0.05, 0) is 86.8 Å². The average Bonchev–Trinajstić information content (AvgIpc) is 3.38. The number of likely N-dealkylation sites (tertiary alicyclic amines) is 1. The smallest absolute Gasteiger partial charge is 0.259 e. The van der Waals surface area contributed by atoms with Crippen molar-refractivity contribution in [1.82, 2.24) is 29.6 Å². The molecule has 198 valence electrons. The molecule has 0 saturated carbocycles.